The topological polar surface area (TPSA) is 75.9 Å². The highest BCUT2D eigenvalue weighted by Gasteiger charge is 2.22. The number of nitrogens with zero attached hydrogens (tertiary/aromatic N) is 4. The Morgan fingerprint density at radius 3 is 2.59 bits per heavy atom. The maximum absolute atomic E-state index is 5.56. The van der Waals surface area contributed by atoms with Crippen LogP contribution in [0.3, 0.4) is 0 Å². The number of ether oxygens (including phenoxy) is 2. The van der Waals surface area contributed by atoms with E-state index >= 15 is 0 Å². The Hall–Kier alpha value is -1.85. The van der Waals surface area contributed by atoms with Gasteiger partial charge in [0.1, 0.15) is 5.75 Å². The molecule has 1 aromatic heterocycles. The van der Waals surface area contributed by atoms with E-state index in [1.54, 1.807) is 7.11 Å². The van der Waals surface area contributed by atoms with E-state index in [0.717, 1.165) is 64.1 Å². The number of hydrogen-bond donors (Lipinski definition) is 2. The normalized spacial score (nSPS) is 15.7. The molecule has 1 aromatic carbocycles. The van der Waals surface area contributed by atoms with Crippen molar-refractivity contribution in [2.45, 2.75) is 32.9 Å². The van der Waals surface area contributed by atoms with E-state index in [1.165, 1.54) is 11.1 Å². The summed E-state index contributed by atoms with van der Waals surface area (Å²) in [5, 5.41) is 11.2. The molecule has 1 atom stereocenters. The number of guanidine groups is 1. The third kappa shape index (κ3) is 8.25. The van der Waals surface area contributed by atoms with Crippen molar-refractivity contribution >= 4 is 29.9 Å². The second-order valence-electron chi connectivity index (χ2n) is 7.72. The molecule has 3 rings (SSSR count). The van der Waals surface area contributed by atoms with E-state index in [0.29, 0.717) is 6.54 Å². The summed E-state index contributed by atoms with van der Waals surface area (Å²) in [4.78, 5) is 7.37. The Kier molecular flexibility index (Phi) is 11.8. The van der Waals surface area contributed by atoms with E-state index in [-0.39, 0.29) is 30.0 Å². The van der Waals surface area contributed by atoms with Gasteiger partial charge in [0.2, 0.25) is 0 Å². The van der Waals surface area contributed by atoms with Gasteiger partial charge in [0.15, 0.2) is 5.96 Å². The summed E-state index contributed by atoms with van der Waals surface area (Å²) in [6.07, 6.45) is 4.95. The first-order valence-corrected chi connectivity index (χ1v) is 11.2. The van der Waals surface area contributed by atoms with Gasteiger partial charge >= 0.3 is 0 Å². The fraction of sp³-hybridized carbons (Fsp3) is 0.565. The van der Waals surface area contributed by atoms with Crippen LogP contribution in [0.1, 0.15) is 30.5 Å². The molecule has 0 spiro atoms. The zero-order chi connectivity index (χ0) is 21.9. The van der Waals surface area contributed by atoms with Crippen LogP contribution in [0.25, 0.3) is 0 Å². The van der Waals surface area contributed by atoms with Crippen molar-refractivity contribution in [3.63, 3.8) is 0 Å². The molecule has 2 N–H and O–H groups in total. The van der Waals surface area contributed by atoms with E-state index in [9.17, 15) is 0 Å². The Morgan fingerprint density at radius 1 is 1.22 bits per heavy atom. The Balaban J connectivity index is 0.00000363. The van der Waals surface area contributed by atoms with Crippen LogP contribution in [0.5, 0.6) is 5.75 Å². The highest BCUT2D eigenvalue weighted by atomic mass is 127. The average Bonchev–Trinajstić information content (AvgIpc) is 3.22. The minimum atomic E-state index is 0. The summed E-state index contributed by atoms with van der Waals surface area (Å²) in [6.45, 7) is 10.8. The summed E-state index contributed by atoms with van der Waals surface area (Å²) in [5.41, 5.74) is 2.44. The maximum atomic E-state index is 5.56. The fourth-order valence-corrected chi connectivity index (χ4v) is 3.70. The molecule has 178 valence electrons. The third-order valence-corrected chi connectivity index (χ3v) is 5.37. The lowest BCUT2D eigenvalue weighted by Gasteiger charge is -2.34. The quantitative estimate of drug-likeness (QED) is 0.203. The van der Waals surface area contributed by atoms with Gasteiger partial charge in [-0.3, -0.25) is 14.6 Å². The lowest BCUT2D eigenvalue weighted by molar-refractivity contribution is 0.0179. The average molecular weight is 556 g/mol. The number of aryl methyl sites for hydroxylation is 2. The predicted molar refractivity (Wildman–Crippen MR) is 139 cm³/mol. The van der Waals surface area contributed by atoms with Crippen LogP contribution in [0.2, 0.25) is 0 Å². The molecule has 32 heavy (non-hydrogen) atoms. The van der Waals surface area contributed by atoms with E-state index in [4.69, 9.17) is 14.5 Å². The minimum absolute atomic E-state index is 0. The first-order chi connectivity index (χ1) is 15.2. The number of morpholine rings is 1. The molecule has 0 radical (unpaired) electrons. The molecule has 1 unspecified atom stereocenters. The Bertz CT molecular complexity index is 805. The number of aromatic nitrogens is 2. The standard InChI is InChI=1S/C23H36N6O2.HI/c1-4-24-23(25-10-5-11-29-18-19(2)16-27-29)26-17-22(28-12-14-31-15-13-28)20-6-8-21(30-3)9-7-20;/h6-9,16,18,22H,4-5,10-15,17H2,1-3H3,(H2,24,25,26);1H. The van der Waals surface area contributed by atoms with Gasteiger partial charge in [0.25, 0.3) is 0 Å². The van der Waals surface area contributed by atoms with Gasteiger partial charge in [-0.2, -0.15) is 5.10 Å². The van der Waals surface area contributed by atoms with Crippen LogP contribution in [-0.2, 0) is 11.3 Å². The van der Waals surface area contributed by atoms with Crippen molar-refractivity contribution in [2.24, 2.45) is 4.99 Å². The zero-order valence-corrected chi connectivity index (χ0v) is 21.7. The summed E-state index contributed by atoms with van der Waals surface area (Å²) >= 11 is 0. The summed E-state index contributed by atoms with van der Waals surface area (Å²) in [6, 6.07) is 8.53. The summed E-state index contributed by atoms with van der Waals surface area (Å²) in [7, 11) is 1.70. The number of aliphatic imine (C=N–C) groups is 1. The molecule has 0 bridgehead atoms. The molecule has 2 heterocycles. The van der Waals surface area contributed by atoms with Gasteiger partial charge in [-0.05, 0) is 43.5 Å². The van der Waals surface area contributed by atoms with Crippen LogP contribution in [0.15, 0.2) is 41.7 Å². The third-order valence-electron chi connectivity index (χ3n) is 5.37. The Morgan fingerprint density at radius 2 is 1.97 bits per heavy atom. The van der Waals surface area contributed by atoms with Crippen molar-refractivity contribution in [3.8, 4) is 5.75 Å². The number of benzene rings is 1. The lowest BCUT2D eigenvalue weighted by Crippen LogP contribution is -2.42. The largest absolute Gasteiger partial charge is 0.497 e. The molecular weight excluding hydrogens is 519 g/mol. The van der Waals surface area contributed by atoms with Crippen LogP contribution >= 0.6 is 24.0 Å². The molecule has 8 nitrogen and oxygen atoms in total. The molecule has 9 heteroatoms. The maximum Gasteiger partial charge on any atom is 0.191 e. The number of hydrogen-bond acceptors (Lipinski definition) is 5. The van der Waals surface area contributed by atoms with Crippen molar-refractivity contribution in [1.82, 2.24) is 25.3 Å². The van der Waals surface area contributed by atoms with Gasteiger partial charge in [0.05, 0.1) is 39.1 Å². The number of rotatable bonds is 10. The van der Waals surface area contributed by atoms with Gasteiger partial charge in [-0.25, -0.2) is 0 Å². The molecule has 0 amide bonds. The van der Waals surface area contributed by atoms with E-state index in [2.05, 4.69) is 52.8 Å². The number of halogens is 1. The molecule has 2 aromatic rings. The summed E-state index contributed by atoms with van der Waals surface area (Å²) in [5.74, 6) is 1.72. The van der Waals surface area contributed by atoms with Crippen LogP contribution in [-0.4, -0.2) is 73.7 Å². The molecular formula is C23H37IN6O2. The monoisotopic (exact) mass is 556 g/mol. The number of methoxy groups -OCH3 is 1. The SMILES string of the molecule is CCNC(=NCC(c1ccc(OC)cc1)N1CCOCC1)NCCCn1cc(C)cn1.I. The molecule has 1 aliphatic rings. The van der Waals surface area contributed by atoms with Crippen molar-refractivity contribution < 1.29 is 9.47 Å². The summed E-state index contributed by atoms with van der Waals surface area (Å²) < 4.78 is 12.9. The van der Waals surface area contributed by atoms with Crippen molar-refractivity contribution in [1.29, 1.82) is 0 Å². The first kappa shape index (κ1) is 26.4. The highest BCUT2D eigenvalue weighted by molar-refractivity contribution is 14.0. The van der Waals surface area contributed by atoms with Gasteiger partial charge in [-0.15, -0.1) is 24.0 Å². The zero-order valence-electron chi connectivity index (χ0n) is 19.4. The molecule has 1 fully saturated rings. The lowest BCUT2D eigenvalue weighted by atomic mass is 10.0. The fourth-order valence-electron chi connectivity index (χ4n) is 3.70. The molecule has 1 aliphatic heterocycles. The smallest absolute Gasteiger partial charge is 0.191 e. The van der Waals surface area contributed by atoms with Crippen LogP contribution in [0, 0.1) is 6.92 Å². The van der Waals surface area contributed by atoms with Gasteiger partial charge in [-0.1, -0.05) is 12.1 Å². The van der Waals surface area contributed by atoms with Crippen LogP contribution < -0.4 is 15.4 Å². The molecule has 1 saturated heterocycles. The van der Waals surface area contributed by atoms with E-state index in [1.807, 2.05) is 23.0 Å². The second kappa shape index (κ2) is 14.3. The first-order valence-electron chi connectivity index (χ1n) is 11.2. The Labute approximate surface area is 208 Å². The number of nitrogens with one attached hydrogen (secondary N) is 2. The predicted octanol–water partition coefficient (Wildman–Crippen LogP) is 2.84. The van der Waals surface area contributed by atoms with Crippen LogP contribution in [0.4, 0.5) is 0 Å². The molecule has 0 saturated carbocycles. The van der Waals surface area contributed by atoms with Crippen molar-refractivity contribution in [3.05, 3.63) is 47.8 Å². The van der Waals surface area contributed by atoms with Gasteiger partial charge < -0.3 is 20.1 Å². The highest BCUT2D eigenvalue weighted by Crippen LogP contribution is 2.24. The van der Waals surface area contributed by atoms with Gasteiger partial charge in [0, 0.05) is 38.9 Å². The molecule has 0 aliphatic carbocycles. The van der Waals surface area contributed by atoms with Crippen molar-refractivity contribution in [2.75, 3.05) is 53.0 Å². The second-order valence-corrected chi connectivity index (χ2v) is 7.72. The minimum Gasteiger partial charge on any atom is -0.497 e. The van der Waals surface area contributed by atoms with E-state index < -0.39 is 0 Å².